The van der Waals surface area contributed by atoms with Crippen LogP contribution in [0, 0.1) is 5.82 Å². The van der Waals surface area contributed by atoms with Gasteiger partial charge in [-0.3, -0.25) is 4.79 Å². The number of fused-ring (bicyclic) bond motifs is 1. The summed E-state index contributed by atoms with van der Waals surface area (Å²) in [5.41, 5.74) is 0.809. The zero-order valence-corrected chi connectivity index (χ0v) is 23.2. The number of likely N-dealkylation sites (tertiary alicyclic amines) is 1. The van der Waals surface area contributed by atoms with Crippen LogP contribution >= 0.6 is 11.8 Å². The first-order valence-electron chi connectivity index (χ1n) is 12.9. The lowest BCUT2D eigenvalue weighted by Crippen LogP contribution is -2.40. The molecule has 3 aromatic rings. The predicted octanol–water partition coefficient (Wildman–Crippen LogP) is 4.62. The Bertz CT molecular complexity index is 1390. The zero-order valence-electron chi connectivity index (χ0n) is 22.4. The molecule has 39 heavy (non-hydrogen) atoms. The van der Waals surface area contributed by atoms with Crippen molar-refractivity contribution >= 4 is 35.2 Å². The Kier molecular flexibility index (Phi) is 7.41. The van der Waals surface area contributed by atoms with E-state index in [4.69, 9.17) is 4.74 Å². The van der Waals surface area contributed by atoms with Crippen molar-refractivity contribution in [3.05, 3.63) is 53.6 Å². The quantitative estimate of drug-likeness (QED) is 0.457. The number of benzene rings is 1. The van der Waals surface area contributed by atoms with E-state index in [-0.39, 0.29) is 36.4 Å². The van der Waals surface area contributed by atoms with Gasteiger partial charge in [-0.15, -0.1) is 16.9 Å². The summed E-state index contributed by atoms with van der Waals surface area (Å²) in [7, 11) is 0. The summed E-state index contributed by atoms with van der Waals surface area (Å²) in [6.07, 6.45) is 2.64. The normalized spacial score (nSPS) is 21.5. The summed E-state index contributed by atoms with van der Waals surface area (Å²) in [5.74, 6) is -0.286. The van der Waals surface area contributed by atoms with Gasteiger partial charge in [0.15, 0.2) is 11.3 Å². The van der Waals surface area contributed by atoms with E-state index in [0.717, 1.165) is 4.90 Å². The maximum atomic E-state index is 14.7. The van der Waals surface area contributed by atoms with Gasteiger partial charge in [0.1, 0.15) is 23.4 Å². The molecule has 0 aliphatic carbocycles. The lowest BCUT2D eigenvalue weighted by Gasteiger charge is -2.27. The molecular formula is C27H32F2N6O3S. The van der Waals surface area contributed by atoms with Crippen molar-refractivity contribution in [2.24, 2.45) is 0 Å². The van der Waals surface area contributed by atoms with Gasteiger partial charge in [0.05, 0.1) is 18.8 Å². The van der Waals surface area contributed by atoms with E-state index in [1.165, 1.54) is 34.6 Å². The standard InChI is InChI=1S/C27H32F2N6O3S/c1-27(2,3)38-26(37)33-10-9-18(15-33)31-25(36)21-13-30-23-7-8-24(32-35(21)23)34-14-17(29)12-20(34)19-11-16(28)5-6-22(19)39-4/h5-8,11,13,17-18,20H,9-10,12,14-15H2,1-4H3,(H,31,36)/t17-,18-,20+/m0/s1. The Labute approximate surface area is 229 Å². The molecule has 1 aromatic carbocycles. The van der Waals surface area contributed by atoms with Crippen LogP contribution in [-0.2, 0) is 4.74 Å². The number of carbonyl (C=O) groups is 2. The molecule has 2 aliphatic rings. The summed E-state index contributed by atoms with van der Waals surface area (Å²) < 4.78 is 35.7. The number of hydrogen-bond donors (Lipinski definition) is 1. The average Bonchev–Trinajstić information content (AvgIpc) is 3.60. The lowest BCUT2D eigenvalue weighted by atomic mass is 10.0. The minimum atomic E-state index is -1.11. The largest absolute Gasteiger partial charge is 0.444 e. The Hall–Kier alpha value is -3.41. The average molecular weight is 559 g/mol. The van der Waals surface area contributed by atoms with E-state index >= 15 is 0 Å². The number of hydrogen-bond acceptors (Lipinski definition) is 7. The first kappa shape index (κ1) is 27.2. The third kappa shape index (κ3) is 5.80. The predicted molar refractivity (Wildman–Crippen MR) is 144 cm³/mol. The number of carbonyl (C=O) groups excluding carboxylic acids is 2. The third-order valence-electron chi connectivity index (χ3n) is 6.85. The van der Waals surface area contributed by atoms with Gasteiger partial charge >= 0.3 is 6.09 Å². The van der Waals surface area contributed by atoms with Crippen LogP contribution in [0.25, 0.3) is 5.65 Å². The fraction of sp³-hybridized carbons (Fsp3) is 0.481. The second-order valence-corrected chi connectivity index (χ2v) is 11.7. The van der Waals surface area contributed by atoms with Gasteiger partial charge in [-0.2, -0.15) is 0 Å². The number of thioether (sulfide) groups is 1. The van der Waals surface area contributed by atoms with Crippen molar-refractivity contribution in [2.75, 3.05) is 30.8 Å². The molecule has 5 rings (SSSR count). The molecule has 0 unspecified atom stereocenters. The molecule has 2 aromatic heterocycles. The molecule has 4 heterocycles. The van der Waals surface area contributed by atoms with Gasteiger partial charge in [0.2, 0.25) is 0 Å². The van der Waals surface area contributed by atoms with Gasteiger partial charge in [-0.05, 0) is 69.3 Å². The highest BCUT2D eigenvalue weighted by Crippen LogP contribution is 2.40. The first-order valence-corrected chi connectivity index (χ1v) is 14.1. The van der Waals surface area contributed by atoms with Crippen molar-refractivity contribution in [3.8, 4) is 0 Å². The summed E-state index contributed by atoms with van der Waals surface area (Å²) >= 11 is 1.48. The van der Waals surface area contributed by atoms with Crippen molar-refractivity contribution in [1.82, 2.24) is 24.8 Å². The zero-order chi connectivity index (χ0) is 27.9. The second kappa shape index (κ2) is 10.6. The van der Waals surface area contributed by atoms with E-state index in [9.17, 15) is 18.4 Å². The minimum absolute atomic E-state index is 0.103. The SMILES string of the molecule is CSc1ccc(F)cc1[C@H]1C[C@H](F)CN1c1ccc2ncc(C(=O)N[C@H]3CCN(C(=O)OC(C)(C)C)C3)n2n1. The number of alkyl halides is 1. The second-order valence-electron chi connectivity index (χ2n) is 10.9. The van der Waals surface area contributed by atoms with Crippen LogP contribution in [-0.4, -0.2) is 75.2 Å². The summed E-state index contributed by atoms with van der Waals surface area (Å²) in [4.78, 5) is 34.2. The smallest absolute Gasteiger partial charge is 0.410 e. The summed E-state index contributed by atoms with van der Waals surface area (Å²) in [6.45, 7) is 6.35. The van der Waals surface area contributed by atoms with Crippen LogP contribution in [0.3, 0.4) is 0 Å². The molecule has 3 atom stereocenters. The monoisotopic (exact) mass is 558 g/mol. The van der Waals surface area contributed by atoms with Gasteiger partial charge in [0.25, 0.3) is 5.91 Å². The Morgan fingerprint density at radius 3 is 2.72 bits per heavy atom. The molecule has 9 nitrogen and oxygen atoms in total. The summed E-state index contributed by atoms with van der Waals surface area (Å²) in [6, 6.07) is 7.39. The Morgan fingerprint density at radius 1 is 1.18 bits per heavy atom. The number of ether oxygens (including phenoxy) is 1. The van der Waals surface area contributed by atoms with Crippen LogP contribution in [0.5, 0.6) is 0 Å². The number of rotatable bonds is 5. The number of aromatic nitrogens is 3. The van der Waals surface area contributed by atoms with Crippen molar-refractivity contribution < 1.29 is 23.1 Å². The molecule has 2 amide bonds. The topological polar surface area (TPSA) is 92.1 Å². The molecule has 2 fully saturated rings. The summed E-state index contributed by atoms with van der Waals surface area (Å²) in [5, 5.41) is 7.62. The third-order valence-corrected chi connectivity index (χ3v) is 7.66. The molecule has 2 saturated heterocycles. The molecule has 0 radical (unpaired) electrons. The van der Waals surface area contributed by atoms with Gasteiger partial charge < -0.3 is 19.9 Å². The Balaban J connectivity index is 1.35. The molecule has 12 heteroatoms. The van der Waals surface area contributed by atoms with Gasteiger partial charge in [-0.1, -0.05) is 0 Å². The van der Waals surface area contributed by atoms with Crippen LogP contribution < -0.4 is 10.2 Å². The number of amides is 2. The highest BCUT2D eigenvalue weighted by Gasteiger charge is 2.36. The number of anilines is 1. The molecule has 208 valence electrons. The van der Waals surface area contributed by atoms with Gasteiger partial charge in [-0.25, -0.2) is 23.1 Å². The van der Waals surface area contributed by atoms with E-state index < -0.39 is 23.9 Å². The van der Waals surface area contributed by atoms with Crippen molar-refractivity contribution in [3.63, 3.8) is 0 Å². The Morgan fingerprint density at radius 2 is 1.97 bits per heavy atom. The van der Waals surface area contributed by atoms with E-state index in [2.05, 4.69) is 15.4 Å². The fourth-order valence-electron chi connectivity index (χ4n) is 5.10. The highest BCUT2D eigenvalue weighted by molar-refractivity contribution is 7.98. The van der Waals surface area contributed by atoms with Crippen LogP contribution in [0.1, 0.15) is 55.7 Å². The van der Waals surface area contributed by atoms with Crippen LogP contribution in [0.15, 0.2) is 41.4 Å². The van der Waals surface area contributed by atoms with Gasteiger partial charge in [0, 0.05) is 30.4 Å². The molecular weight excluding hydrogens is 526 g/mol. The highest BCUT2D eigenvalue weighted by atomic mass is 32.2. The molecule has 0 bridgehead atoms. The lowest BCUT2D eigenvalue weighted by molar-refractivity contribution is 0.0290. The van der Waals surface area contributed by atoms with E-state index in [1.807, 2.05) is 31.9 Å². The minimum Gasteiger partial charge on any atom is -0.444 e. The maximum absolute atomic E-state index is 14.7. The number of nitrogens with zero attached hydrogens (tertiary/aromatic N) is 5. The van der Waals surface area contributed by atoms with Crippen LogP contribution in [0.4, 0.5) is 19.4 Å². The molecule has 2 aliphatic heterocycles. The maximum Gasteiger partial charge on any atom is 0.410 e. The van der Waals surface area contributed by atoms with Crippen molar-refractivity contribution in [2.45, 2.75) is 62.4 Å². The number of imidazole rings is 1. The van der Waals surface area contributed by atoms with Crippen LogP contribution in [0.2, 0.25) is 0 Å². The molecule has 0 saturated carbocycles. The molecule has 0 spiro atoms. The van der Waals surface area contributed by atoms with E-state index in [0.29, 0.717) is 36.5 Å². The molecule has 1 N–H and O–H groups in total. The number of nitrogens with one attached hydrogen (secondary N) is 1. The number of halogens is 2. The van der Waals surface area contributed by atoms with E-state index in [1.54, 1.807) is 23.1 Å². The van der Waals surface area contributed by atoms with Crippen molar-refractivity contribution in [1.29, 1.82) is 0 Å². The fourth-order valence-corrected chi connectivity index (χ4v) is 5.73. The first-order chi connectivity index (χ1) is 18.5.